The number of carbonyl (C=O) groups excluding carboxylic acids is 2. The lowest BCUT2D eigenvalue weighted by molar-refractivity contribution is -0.146. The van der Waals surface area contributed by atoms with E-state index in [1.54, 1.807) is 33.3 Å². The summed E-state index contributed by atoms with van der Waals surface area (Å²) in [6.07, 6.45) is 1.49. The van der Waals surface area contributed by atoms with Crippen LogP contribution in [0.15, 0.2) is 52.7 Å². The van der Waals surface area contributed by atoms with Gasteiger partial charge < -0.3 is 24.1 Å². The summed E-state index contributed by atoms with van der Waals surface area (Å²) in [6.45, 7) is 4.02. The Bertz CT molecular complexity index is 1260. The number of carbonyl (C=O) groups is 2. The molecule has 0 bridgehead atoms. The van der Waals surface area contributed by atoms with Crippen molar-refractivity contribution in [2.45, 2.75) is 44.9 Å². The topological polar surface area (TPSA) is 104 Å². The molecule has 0 radical (unpaired) electrons. The fraction of sp³-hybridized carbons (Fsp3) is 0.414. The van der Waals surface area contributed by atoms with Crippen LogP contribution in [0.1, 0.15) is 56.1 Å². The molecule has 2 aromatic rings. The first-order valence-electron chi connectivity index (χ1n) is 12.4. The van der Waals surface area contributed by atoms with Crippen molar-refractivity contribution in [1.82, 2.24) is 0 Å². The van der Waals surface area contributed by atoms with Gasteiger partial charge >= 0.3 is 5.97 Å². The number of aliphatic imine (C=N–C) groups is 1. The summed E-state index contributed by atoms with van der Waals surface area (Å²) >= 11 is 0. The number of rotatable bonds is 8. The first-order chi connectivity index (χ1) is 17.8. The SMILES string of the molecule is CCCOC(=O)C1C(C)=NC2=C(C(=O)C[C@@H](c3ccc(OC)c(OC)c3)C2)[C@H]1c1ccc(O)c(OC)c1. The van der Waals surface area contributed by atoms with E-state index in [2.05, 4.69) is 0 Å². The van der Waals surface area contributed by atoms with Crippen molar-refractivity contribution >= 4 is 17.5 Å². The predicted octanol–water partition coefficient (Wildman–Crippen LogP) is 4.95. The molecule has 0 aromatic heterocycles. The number of methoxy groups -OCH3 is 3. The summed E-state index contributed by atoms with van der Waals surface area (Å²) in [4.78, 5) is 31.8. The van der Waals surface area contributed by atoms with Crippen molar-refractivity contribution in [3.05, 3.63) is 58.8 Å². The van der Waals surface area contributed by atoms with Crippen LogP contribution in [-0.4, -0.2) is 50.5 Å². The Morgan fingerprint density at radius 2 is 1.65 bits per heavy atom. The van der Waals surface area contributed by atoms with E-state index in [1.807, 2.05) is 25.1 Å². The van der Waals surface area contributed by atoms with E-state index in [-0.39, 0.29) is 36.2 Å². The number of ketones is 1. The second kappa shape index (κ2) is 11.1. The molecule has 1 N–H and O–H groups in total. The lowest BCUT2D eigenvalue weighted by atomic mass is 9.69. The quantitative estimate of drug-likeness (QED) is 0.505. The zero-order chi connectivity index (χ0) is 26.7. The van der Waals surface area contributed by atoms with Crippen molar-refractivity contribution in [3.8, 4) is 23.0 Å². The van der Waals surface area contributed by atoms with Crippen LogP contribution < -0.4 is 14.2 Å². The van der Waals surface area contributed by atoms with Gasteiger partial charge in [-0.15, -0.1) is 0 Å². The highest BCUT2D eigenvalue weighted by molar-refractivity contribution is 6.09. The number of allylic oxidation sites excluding steroid dienone is 2. The molecule has 0 saturated heterocycles. The van der Waals surface area contributed by atoms with E-state index >= 15 is 0 Å². The maximum atomic E-state index is 13.8. The predicted molar refractivity (Wildman–Crippen MR) is 139 cm³/mol. The van der Waals surface area contributed by atoms with E-state index in [0.29, 0.717) is 46.9 Å². The fourth-order valence-electron chi connectivity index (χ4n) is 5.25. The summed E-state index contributed by atoms with van der Waals surface area (Å²) in [6, 6.07) is 10.6. The zero-order valence-corrected chi connectivity index (χ0v) is 21.9. The van der Waals surface area contributed by atoms with Gasteiger partial charge in [-0.3, -0.25) is 14.6 Å². The van der Waals surface area contributed by atoms with Gasteiger partial charge in [-0.1, -0.05) is 19.1 Å². The molecular weight excluding hydrogens is 474 g/mol. The first kappa shape index (κ1) is 26.3. The number of aromatic hydroxyl groups is 1. The largest absolute Gasteiger partial charge is 0.504 e. The van der Waals surface area contributed by atoms with Crippen LogP contribution in [0.5, 0.6) is 23.0 Å². The highest BCUT2D eigenvalue weighted by Gasteiger charge is 2.45. The number of hydrogen-bond donors (Lipinski definition) is 1. The Balaban J connectivity index is 1.79. The fourth-order valence-corrected chi connectivity index (χ4v) is 5.25. The number of nitrogens with zero attached hydrogens (tertiary/aromatic N) is 1. The van der Waals surface area contributed by atoms with Gasteiger partial charge in [-0.05, 0) is 61.1 Å². The average Bonchev–Trinajstić information content (AvgIpc) is 2.90. The molecule has 196 valence electrons. The summed E-state index contributed by atoms with van der Waals surface area (Å²) in [5.74, 6) is -0.447. The highest BCUT2D eigenvalue weighted by atomic mass is 16.5. The van der Waals surface area contributed by atoms with Gasteiger partial charge in [0.25, 0.3) is 0 Å². The van der Waals surface area contributed by atoms with Crippen molar-refractivity contribution in [2.24, 2.45) is 10.9 Å². The molecule has 1 unspecified atom stereocenters. The molecule has 0 fully saturated rings. The van der Waals surface area contributed by atoms with Crippen molar-refractivity contribution in [1.29, 1.82) is 0 Å². The van der Waals surface area contributed by atoms with Crippen molar-refractivity contribution in [2.75, 3.05) is 27.9 Å². The minimum Gasteiger partial charge on any atom is -0.504 e. The molecule has 3 atom stereocenters. The molecule has 0 amide bonds. The van der Waals surface area contributed by atoms with E-state index in [0.717, 1.165) is 5.56 Å². The Morgan fingerprint density at radius 3 is 2.32 bits per heavy atom. The number of Topliss-reactive ketones (excluding diaryl/α,β-unsaturated/α-hetero) is 1. The third-order valence-electron chi connectivity index (χ3n) is 7.03. The van der Waals surface area contributed by atoms with Gasteiger partial charge in [-0.2, -0.15) is 0 Å². The van der Waals surface area contributed by atoms with Crippen LogP contribution in [0.4, 0.5) is 0 Å². The Labute approximate surface area is 216 Å². The van der Waals surface area contributed by atoms with Crippen LogP contribution in [-0.2, 0) is 14.3 Å². The maximum Gasteiger partial charge on any atom is 0.315 e. The molecule has 4 rings (SSSR count). The van der Waals surface area contributed by atoms with E-state index in [9.17, 15) is 14.7 Å². The molecule has 0 saturated carbocycles. The van der Waals surface area contributed by atoms with Crippen LogP contribution in [0.2, 0.25) is 0 Å². The second-order valence-corrected chi connectivity index (χ2v) is 9.31. The smallest absolute Gasteiger partial charge is 0.315 e. The first-order valence-corrected chi connectivity index (χ1v) is 12.4. The third-order valence-corrected chi connectivity index (χ3v) is 7.03. The highest BCUT2D eigenvalue weighted by Crippen LogP contribution is 2.48. The molecule has 2 aliphatic rings. The van der Waals surface area contributed by atoms with Crippen molar-refractivity contribution < 1.29 is 33.6 Å². The van der Waals surface area contributed by atoms with Crippen molar-refractivity contribution in [3.63, 3.8) is 0 Å². The number of ether oxygens (including phenoxy) is 4. The molecule has 1 aliphatic carbocycles. The van der Waals surface area contributed by atoms with Gasteiger partial charge in [0, 0.05) is 29.3 Å². The molecular formula is C29H33NO7. The molecule has 0 spiro atoms. The van der Waals surface area contributed by atoms with E-state index in [4.69, 9.17) is 23.9 Å². The standard InChI is InChI=1S/C29H33NO7/c1-6-11-37-29(33)26-16(2)30-20-12-19(17-8-10-23(34-3)25(14-17)36-5)13-22(32)28(20)27(26)18-7-9-21(31)24(15-18)35-4/h7-10,14-15,19,26-27,31H,6,11-13H2,1-5H3/t19-,26?,27-/m0/s1. The average molecular weight is 508 g/mol. The summed E-state index contributed by atoms with van der Waals surface area (Å²) in [5, 5.41) is 10.2. The van der Waals surface area contributed by atoms with Gasteiger partial charge in [0.2, 0.25) is 0 Å². The van der Waals surface area contributed by atoms with Gasteiger partial charge in [0.05, 0.1) is 27.9 Å². The number of phenolic OH excluding ortho intramolecular Hbond substituents is 1. The van der Waals surface area contributed by atoms with Crippen LogP contribution >= 0.6 is 0 Å². The molecule has 2 aromatic carbocycles. The zero-order valence-electron chi connectivity index (χ0n) is 21.9. The summed E-state index contributed by atoms with van der Waals surface area (Å²) in [7, 11) is 4.62. The summed E-state index contributed by atoms with van der Waals surface area (Å²) in [5.41, 5.74) is 3.43. The van der Waals surface area contributed by atoms with Crippen LogP contribution in [0, 0.1) is 5.92 Å². The van der Waals surface area contributed by atoms with Gasteiger partial charge in [-0.25, -0.2) is 0 Å². The molecule has 8 nitrogen and oxygen atoms in total. The lowest BCUT2D eigenvalue weighted by Gasteiger charge is -2.36. The van der Waals surface area contributed by atoms with Gasteiger partial charge in [0.1, 0.15) is 5.92 Å². The minimum atomic E-state index is -0.749. The van der Waals surface area contributed by atoms with E-state index < -0.39 is 17.8 Å². The lowest BCUT2D eigenvalue weighted by Crippen LogP contribution is -2.38. The van der Waals surface area contributed by atoms with Crippen LogP contribution in [0.3, 0.4) is 0 Å². The molecule has 8 heteroatoms. The molecule has 1 heterocycles. The minimum absolute atomic E-state index is 0.0183. The molecule has 1 aliphatic heterocycles. The normalized spacial score (nSPS) is 21.2. The third kappa shape index (κ3) is 5.05. The number of phenols is 1. The summed E-state index contributed by atoms with van der Waals surface area (Å²) < 4.78 is 21.7. The van der Waals surface area contributed by atoms with E-state index in [1.165, 1.54) is 13.2 Å². The second-order valence-electron chi connectivity index (χ2n) is 9.31. The Morgan fingerprint density at radius 1 is 0.973 bits per heavy atom. The maximum absolute atomic E-state index is 13.8. The molecule has 37 heavy (non-hydrogen) atoms. The number of benzene rings is 2. The monoisotopic (exact) mass is 507 g/mol. The number of hydrogen-bond acceptors (Lipinski definition) is 8. The number of esters is 1. The van der Waals surface area contributed by atoms with Crippen LogP contribution in [0.25, 0.3) is 0 Å². The Kier molecular flexibility index (Phi) is 7.86. The van der Waals surface area contributed by atoms with Gasteiger partial charge in [0.15, 0.2) is 28.8 Å². The Hall–Kier alpha value is -3.81.